The highest BCUT2D eigenvalue weighted by Gasteiger charge is 2.41. The van der Waals surface area contributed by atoms with Crippen LogP contribution in [0.25, 0.3) is 0 Å². The maximum absolute atomic E-state index is 11.1. The predicted molar refractivity (Wildman–Crippen MR) is 95.5 cm³/mol. The van der Waals surface area contributed by atoms with Crippen molar-refractivity contribution in [2.45, 2.75) is 65.1 Å². The monoisotopic (exact) mass is 422 g/mol. The fourth-order valence-corrected chi connectivity index (χ4v) is 8.41. The van der Waals surface area contributed by atoms with E-state index >= 15 is 0 Å². The molecule has 0 aliphatic heterocycles. The van der Waals surface area contributed by atoms with E-state index in [1.54, 1.807) is 0 Å². The number of rotatable bonds is 4. The summed E-state index contributed by atoms with van der Waals surface area (Å²) in [4.78, 5) is 11.1. The van der Waals surface area contributed by atoms with Gasteiger partial charge in [0.15, 0.2) is 0 Å². The maximum Gasteiger partial charge on any atom is 0.308 e. The van der Waals surface area contributed by atoms with Gasteiger partial charge in [-0.15, -0.1) is 5.54 Å². The molecule has 0 aromatic carbocycles. The molecule has 114 valence electrons. The van der Waals surface area contributed by atoms with Gasteiger partial charge >= 0.3 is 5.97 Å². The fourth-order valence-electron chi connectivity index (χ4n) is 2.85. The van der Waals surface area contributed by atoms with E-state index in [0.717, 1.165) is 0 Å². The number of hydrogen-bond donors (Lipinski definition) is 0. The second kappa shape index (κ2) is 8.40. The Morgan fingerprint density at radius 3 is 1.65 bits per heavy atom. The Labute approximate surface area is 141 Å². The average Bonchev–Trinajstić information content (AvgIpc) is 2.25. The molecule has 0 bridgehead atoms. The lowest BCUT2D eigenvalue weighted by Gasteiger charge is -2.38. The van der Waals surface area contributed by atoms with Gasteiger partial charge in [-0.2, -0.15) is 0 Å². The summed E-state index contributed by atoms with van der Waals surface area (Å²) in [5, 5.41) is 0. The molecular weight excluding hydrogens is 400 g/mol. The molecule has 2 nitrogen and oxygen atoms in total. The van der Waals surface area contributed by atoms with Crippen LogP contribution in [0.4, 0.5) is 0 Å². The first-order valence-corrected chi connectivity index (χ1v) is 10.6. The highest BCUT2D eigenvalue weighted by atomic mass is 79.9. The van der Waals surface area contributed by atoms with E-state index in [4.69, 9.17) is 4.74 Å². The SMILES string of the molecule is CC(=O)OC(C#C[Si](C(C)C)(C(C)C)C(C)C)=C(Br)Br. The summed E-state index contributed by atoms with van der Waals surface area (Å²) in [5.41, 5.74) is 5.14. The molecule has 0 saturated carbocycles. The van der Waals surface area contributed by atoms with Gasteiger partial charge in [0.2, 0.25) is 5.76 Å². The molecule has 20 heavy (non-hydrogen) atoms. The third-order valence-corrected chi connectivity index (χ3v) is 10.7. The number of halogens is 2. The van der Waals surface area contributed by atoms with Crippen molar-refractivity contribution < 1.29 is 9.53 Å². The highest BCUT2D eigenvalue weighted by Crippen LogP contribution is 2.40. The molecule has 0 saturated heterocycles. The zero-order valence-corrected chi connectivity index (χ0v) is 17.5. The smallest absolute Gasteiger partial charge is 0.308 e. The summed E-state index contributed by atoms with van der Waals surface area (Å²) in [7, 11) is -1.82. The van der Waals surface area contributed by atoms with Gasteiger partial charge in [0.05, 0.1) is 0 Å². The van der Waals surface area contributed by atoms with Gasteiger partial charge in [-0.25, -0.2) is 0 Å². The standard InChI is InChI=1S/C15H24Br2O2Si/c1-10(2)20(11(3)4,12(5)6)9-8-14(15(16)17)19-13(7)18/h10-12H,1-7H3. The second-order valence-electron chi connectivity index (χ2n) is 5.83. The predicted octanol–water partition coefficient (Wildman–Crippen LogP) is 5.73. The lowest BCUT2D eigenvalue weighted by atomic mass is 10.5. The maximum atomic E-state index is 11.1. The zero-order chi connectivity index (χ0) is 16.1. The van der Waals surface area contributed by atoms with Crippen LogP contribution in [0.3, 0.4) is 0 Å². The average molecular weight is 424 g/mol. The largest absolute Gasteiger partial charge is 0.416 e. The summed E-state index contributed by atoms with van der Waals surface area (Å²) in [6, 6.07) is 0. The Bertz CT molecular complexity index is 417. The molecule has 0 rings (SSSR count). The van der Waals surface area contributed by atoms with Gasteiger partial charge < -0.3 is 4.74 Å². The molecule has 0 atom stereocenters. The Balaban J connectivity index is 5.76. The molecule has 0 aliphatic rings. The van der Waals surface area contributed by atoms with Gasteiger partial charge in [-0.3, -0.25) is 4.79 Å². The van der Waals surface area contributed by atoms with E-state index in [1.165, 1.54) is 6.92 Å². The van der Waals surface area contributed by atoms with Crippen molar-refractivity contribution in [1.82, 2.24) is 0 Å². The first-order chi connectivity index (χ1) is 9.05. The van der Waals surface area contributed by atoms with Gasteiger partial charge in [0.1, 0.15) is 11.5 Å². The highest BCUT2D eigenvalue weighted by molar-refractivity contribution is 9.28. The van der Waals surface area contributed by atoms with E-state index in [2.05, 4.69) is 84.9 Å². The fraction of sp³-hybridized carbons (Fsp3) is 0.667. The summed E-state index contributed by atoms with van der Waals surface area (Å²) in [6.07, 6.45) is 0. The van der Waals surface area contributed by atoms with Crippen molar-refractivity contribution in [1.29, 1.82) is 0 Å². The van der Waals surface area contributed by atoms with Crippen LogP contribution in [-0.4, -0.2) is 14.0 Å². The van der Waals surface area contributed by atoms with Crippen LogP contribution in [0, 0.1) is 11.5 Å². The molecule has 0 radical (unpaired) electrons. The first-order valence-electron chi connectivity index (χ1n) is 6.82. The number of esters is 1. The molecule has 0 aromatic heterocycles. The summed E-state index contributed by atoms with van der Waals surface area (Å²) >= 11 is 6.56. The minimum atomic E-state index is -1.82. The van der Waals surface area contributed by atoms with Gasteiger partial charge in [0.25, 0.3) is 0 Å². The van der Waals surface area contributed by atoms with Gasteiger partial charge in [-0.1, -0.05) is 41.5 Å². The molecule has 0 amide bonds. The zero-order valence-electron chi connectivity index (χ0n) is 13.3. The van der Waals surface area contributed by atoms with Crippen LogP contribution >= 0.6 is 31.9 Å². The minimum Gasteiger partial charge on any atom is -0.416 e. The van der Waals surface area contributed by atoms with Crippen LogP contribution < -0.4 is 0 Å². The molecule has 0 N–H and O–H groups in total. The molecule has 0 spiro atoms. The summed E-state index contributed by atoms with van der Waals surface area (Å²) in [5.74, 6) is 3.08. The van der Waals surface area contributed by atoms with E-state index in [1.807, 2.05) is 0 Å². The van der Waals surface area contributed by atoms with Crippen LogP contribution in [0.5, 0.6) is 0 Å². The molecule has 5 heteroatoms. The third kappa shape index (κ3) is 5.05. The van der Waals surface area contributed by atoms with Crippen LogP contribution in [0.2, 0.25) is 16.6 Å². The molecule has 0 unspecified atom stereocenters. The molecule has 0 fully saturated rings. The second-order valence-corrected chi connectivity index (χ2v) is 14.1. The quantitative estimate of drug-likeness (QED) is 0.249. The lowest BCUT2D eigenvalue weighted by molar-refractivity contribution is -0.136. The number of carbonyl (C=O) groups excluding carboxylic acids is 1. The van der Waals surface area contributed by atoms with Crippen molar-refractivity contribution in [3.05, 3.63) is 9.15 Å². The van der Waals surface area contributed by atoms with Crippen molar-refractivity contribution in [3.63, 3.8) is 0 Å². The Morgan fingerprint density at radius 2 is 1.40 bits per heavy atom. The van der Waals surface area contributed by atoms with Gasteiger partial charge in [-0.05, 0) is 54.4 Å². The molecular formula is C15H24Br2O2Si. The van der Waals surface area contributed by atoms with Crippen molar-refractivity contribution in [2.24, 2.45) is 0 Å². The van der Waals surface area contributed by atoms with Crippen LogP contribution in [-0.2, 0) is 9.53 Å². The minimum absolute atomic E-state index is 0.358. The number of ether oxygens (including phenoxy) is 1. The molecule has 0 heterocycles. The Kier molecular flexibility index (Phi) is 8.38. The topological polar surface area (TPSA) is 26.3 Å². The van der Waals surface area contributed by atoms with Crippen LogP contribution in [0.15, 0.2) is 9.15 Å². The Hall–Kier alpha value is -0.0531. The van der Waals surface area contributed by atoms with E-state index in [0.29, 0.717) is 25.8 Å². The normalized spacial score (nSPS) is 11.4. The number of allylic oxidation sites excluding steroid dienone is 1. The first kappa shape index (κ1) is 19.9. The van der Waals surface area contributed by atoms with Crippen molar-refractivity contribution in [3.8, 4) is 11.5 Å². The lowest BCUT2D eigenvalue weighted by Crippen LogP contribution is -2.43. The number of hydrogen-bond acceptors (Lipinski definition) is 2. The summed E-state index contributed by atoms with van der Waals surface area (Å²) in [6.45, 7) is 14.9. The third-order valence-electron chi connectivity index (χ3n) is 3.68. The van der Waals surface area contributed by atoms with E-state index in [9.17, 15) is 4.79 Å². The van der Waals surface area contributed by atoms with Crippen LogP contribution in [0.1, 0.15) is 48.5 Å². The number of carbonyl (C=O) groups is 1. The molecule has 0 aliphatic carbocycles. The Morgan fingerprint density at radius 1 is 1.00 bits per heavy atom. The van der Waals surface area contributed by atoms with Gasteiger partial charge in [0, 0.05) is 6.92 Å². The van der Waals surface area contributed by atoms with E-state index < -0.39 is 8.07 Å². The summed E-state index contributed by atoms with van der Waals surface area (Å²) < 4.78 is 5.72. The molecule has 0 aromatic rings. The van der Waals surface area contributed by atoms with Crippen molar-refractivity contribution >= 4 is 45.9 Å². The van der Waals surface area contributed by atoms with E-state index in [-0.39, 0.29) is 5.97 Å². The van der Waals surface area contributed by atoms with Crippen molar-refractivity contribution in [2.75, 3.05) is 0 Å².